The van der Waals surface area contributed by atoms with Gasteiger partial charge in [-0.15, -0.1) is 16.4 Å². The molecule has 0 radical (unpaired) electrons. The summed E-state index contributed by atoms with van der Waals surface area (Å²) in [6.07, 6.45) is 1.16. The molecule has 0 aromatic carbocycles. The van der Waals surface area contributed by atoms with Crippen LogP contribution in [0.15, 0.2) is 10.5 Å². The Bertz CT molecular complexity index is 516. The van der Waals surface area contributed by atoms with Gasteiger partial charge in [-0.05, 0) is 36.0 Å². The predicted octanol–water partition coefficient (Wildman–Crippen LogP) is 3.25. The van der Waals surface area contributed by atoms with Crippen LogP contribution in [0.1, 0.15) is 10.4 Å². The lowest BCUT2D eigenvalue weighted by molar-refractivity contribution is 0.553. The van der Waals surface area contributed by atoms with Crippen molar-refractivity contribution in [2.45, 2.75) is 12.2 Å². The molecule has 0 saturated heterocycles. The lowest BCUT2D eigenvalue weighted by Crippen LogP contribution is -1.96. The second-order valence-corrected chi connectivity index (χ2v) is 5.89. The largest absolute Gasteiger partial charge is 0.408 e. The molecule has 2 aromatic heterocycles. The summed E-state index contributed by atoms with van der Waals surface area (Å²) in [6.45, 7) is 0. The molecule has 1 N–H and O–H groups in total. The molecule has 1 aliphatic heterocycles. The molecule has 3 heterocycles. The maximum absolute atomic E-state index is 5.30. The van der Waals surface area contributed by atoms with Gasteiger partial charge in [0.1, 0.15) is 0 Å². The number of aryl methyl sites for hydroxylation is 1. The van der Waals surface area contributed by atoms with Gasteiger partial charge >= 0.3 is 0 Å². The minimum absolute atomic E-state index is 0.339. The molecule has 2 aromatic rings. The number of aromatic nitrogens is 2. The van der Waals surface area contributed by atoms with Gasteiger partial charge in [0.2, 0.25) is 0 Å². The van der Waals surface area contributed by atoms with E-state index >= 15 is 0 Å². The van der Waals surface area contributed by atoms with E-state index in [9.17, 15) is 0 Å². The normalized spacial score (nSPS) is 15.2. The van der Waals surface area contributed by atoms with Crippen molar-refractivity contribution in [2.24, 2.45) is 0 Å². The molecule has 0 atom stereocenters. The zero-order valence-corrected chi connectivity index (χ0v) is 10.2. The lowest BCUT2D eigenvalue weighted by Gasteiger charge is -2.08. The summed E-state index contributed by atoms with van der Waals surface area (Å²) < 4.78 is 5.30. The first-order valence-electron chi connectivity index (χ1n) is 4.58. The average molecular weight is 256 g/mol. The quantitative estimate of drug-likeness (QED) is 0.795. The van der Waals surface area contributed by atoms with Crippen molar-refractivity contribution in [3.8, 4) is 10.8 Å². The van der Waals surface area contributed by atoms with Crippen molar-refractivity contribution < 1.29 is 4.42 Å². The molecule has 3 nitrogen and oxygen atoms in total. The summed E-state index contributed by atoms with van der Waals surface area (Å²) in [5.74, 6) is 2.94. The topological polar surface area (TPSA) is 41.8 Å². The number of nitrogens with one attached hydrogen (secondary N) is 1. The zero-order valence-electron chi connectivity index (χ0n) is 7.78. The van der Waals surface area contributed by atoms with Gasteiger partial charge in [-0.1, -0.05) is 0 Å². The summed E-state index contributed by atoms with van der Waals surface area (Å²) >= 11 is 8.60. The van der Waals surface area contributed by atoms with Crippen LogP contribution in [0.2, 0.25) is 0 Å². The van der Waals surface area contributed by atoms with Crippen molar-refractivity contribution in [1.29, 1.82) is 0 Å². The predicted molar refractivity (Wildman–Crippen MR) is 64.9 cm³/mol. The average Bonchev–Trinajstić information content (AvgIpc) is 2.82. The third kappa shape index (κ3) is 1.77. The SMILES string of the molecule is S=c1[nH]nc(-c2cc3c(s2)CCSC3)o1. The van der Waals surface area contributed by atoms with Gasteiger partial charge in [0.15, 0.2) is 0 Å². The Hall–Kier alpha value is -0.590. The molecular formula is C9H8N2OS3. The molecule has 0 aliphatic carbocycles. The second kappa shape index (κ2) is 3.77. The van der Waals surface area contributed by atoms with Crippen LogP contribution in [0.4, 0.5) is 0 Å². The minimum atomic E-state index is 0.339. The monoisotopic (exact) mass is 256 g/mol. The number of thioether (sulfide) groups is 1. The van der Waals surface area contributed by atoms with E-state index in [-0.39, 0.29) is 0 Å². The summed E-state index contributed by atoms with van der Waals surface area (Å²) in [5, 5.41) is 6.68. The molecule has 78 valence electrons. The number of hydrogen-bond acceptors (Lipinski definition) is 5. The van der Waals surface area contributed by atoms with Crippen LogP contribution < -0.4 is 0 Å². The number of H-pyrrole nitrogens is 1. The van der Waals surface area contributed by atoms with Gasteiger partial charge in [-0.25, -0.2) is 5.10 Å². The zero-order chi connectivity index (χ0) is 10.3. The number of rotatable bonds is 1. The van der Waals surface area contributed by atoms with Crippen LogP contribution in [0.3, 0.4) is 0 Å². The van der Waals surface area contributed by atoms with E-state index in [1.54, 1.807) is 11.3 Å². The van der Waals surface area contributed by atoms with Crippen LogP contribution in [-0.2, 0) is 12.2 Å². The molecule has 0 spiro atoms. The van der Waals surface area contributed by atoms with Crippen molar-refractivity contribution >= 4 is 35.3 Å². The third-order valence-corrected chi connectivity index (χ3v) is 4.68. The van der Waals surface area contributed by atoms with Crippen molar-refractivity contribution in [3.05, 3.63) is 21.3 Å². The molecule has 15 heavy (non-hydrogen) atoms. The fraction of sp³-hybridized carbons (Fsp3) is 0.333. The molecule has 0 fully saturated rings. The summed E-state index contributed by atoms with van der Waals surface area (Å²) in [7, 11) is 0. The molecule has 3 rings (SSSR count). The number of fused-ring (bicyclic) bond motifs is 1. The molecule has 0 unspecified atom stereocenters. The van der Waals surface area contributed by atoms with E-state index in [0.717, 1.165) is 17.1 Å². The van der Waals surface area contributed by atoms with Gasteiger partial charge < -0.3 is 4.42 Å². The van der Waals surface area contributed by atoms with Crippen molar-refractivity contribution in [1.82, 2.24) is 10.2 Å². The van der Waals surface area contributed by atoms with Gasteiger partial charge in [-0.2, -0.15) is 11.8 Å². The van der Waals surface area contributed by atoms with Crippen LogP contribution in [0.5, 0.6) is 0 Å². The van der Waals surface area contributed by atoms with E-state index in [4.69, 9.17) is 16.6 Å². The molecule has 1 aliphatic rings. The first-order chi connectivity index (χ1) is 7.33. The third-order valence-electron chi connectivity index (χ3n) is 2.28. The van der Waals surface area contributed by atoms with E-state index in [1.165, 1.54) is 16.2 Å². The number of thiophene rings is 1. The van der Waals surface area contributed by atoms with Crippen LogP contribution in [-0.4, -0.2) is 16.0 Å². The molecular weight excluding hydrogens is 248 g/mol. The highest BCUT2D eigenvalue weighted by Gasteiger charge is 2.16. The highest BCUT2D eigenvalue weighted by molar-refractivity contribution is 7.98. The van der Waals surface area contributed by atoms with Gasteiger partial charge in [0.05, 0.1) is 4.88 Å². The standard InChI is InChI=1S/C9H8N2OS3/c13-9-11-10-8(12-9)7-3-5-4-14-2-1-6(5)15-7/h3H,1-2,4H2,(H,11,13). The maximum Gasteiger partial charge on any atom is 0.284 e. The number of aromatic amines is 1. The van der Waals surface area contributed by atoms with Crippen molar-refractivity contribution in [3.63, 3.8) is 0 Å². The first-order valence-corrected chi connectivity index (χ1v) is 6.96. The summed E-state index contributed by atoms with van der Waals surface area (Å²) in [6, 6.07) is 2.17. The fourth-order valence-electron chi connectivity index (χ4n) is 1.59. The number of nitrogens with zero attached hydrogens (tertiary/aromatic N) is 1. The molecule has 0 bridgehead atoms. The van der Waals surface area contributed by atoms with Crippen molar-refractivity contribution in [2.75, 3.05) is 5.75 Å². The van der Waals surface area contributed by atoms with E-state index < -0.39 is 0 Å². The van der Waals surface area contributed by atoms with E-state index in [1.807, 2.05) is 11.8 Å². The highest BCUT2D eigenvalue weighted by atomic mass is 32.2. The Labute approximate surface area is 99.9 Å². The summed E-state index contributed by atoms with van der Waals surface area (Å²) in [4.78, 5) is 2.88. The maximum atomic E-state index is 5.30. The molecule has 6 heteroatoms. The lowest BCUT2D eigenvalue weighted by atomic mass is 10.2. The van der Waals surface area contributed by atoms with E-state index in [2.05, 4.69) is 16.3 Å². The minimum Gasteiger partial charge on any atom is -0.408 e. The second-order valence-electron chi connectivity index (χ2n) is 3.28. The van der Waals surface area contributed by atoms with Crippen LogP contribution >= 0.6 is 35.3 Å². The fourth-order valence-corrected chi connectivity index (χ4v) is 4.01. The van der Waals surface area contributed by atoms with Gasteiger partial charge in [-0.3, -0.25) is 0 Å². The Morgan fingerprint density at radius 2 is 2.47 bits per heavy atom. The Morgan fingerprint density at radius 3 is 3.20 bits per heavy atom. The number of hydrogen-bond donors (Lipinski definition) is 1. The van der Waals surface area contributed by atoms with E-state index in [0.29, 0.717) is 10.7 Å². The Morgan fingerprint density at radius 1 is 1.53 bits per heavy atom. The summed E-state index contributed by atoms with van der Waals surface area (Å²) in [5.41, 5.74) is 1.43. The van der Waals surface area contributed by atoms with Crippen LogP contribution in [0.25, 0.3) is 10.8 Å². The Kier molecular flexibility index (Phi) is 2.42. The van der Waals surface area contributed by atoms with Gasteiger partial charge in [0.25, 0.3) is 10.7 Å². The highest BCUT2D eigenvalue weighted by Crippen LogP contribution is 2.36. The van der Waals surface area contributed by atoms with Gasteiger partial charge in [0, 0.05) is 10.6 Å². The molecule has 0 amide bonds. The molecule has 0 saturated carbocycles. The van der Waals surface area contributed by atoms with Crippen LogP contribution in [0, 0.1) is 4.84 Å². The first kappa shape index (κ1) is 9.62. The Balaban J connectivity index is 2.06. The smallest absolute Gasteiger partial charge is 0.284 e.